The molecule has 0 spiro atoms. The van der Waals surface area contributed by atoms with E-state index in [0.717, 1.165) is 29.5 Å². The Kier molecular flexibility index (Phi) is 5.90. The van der Waals surface area contributed by atoms with Crippen LogP contribution >= 0.6 is 0 Å². The Bertz CT molecular complexity index is 1060. The first-order valence-electron chi connectivity index (χ1n) is 11.1. The third-order valence-electron chi connectivity index (χ3n) is 6.02. The predicted molar refractivity (Wildman–Crippen MR) is 119 cm³/mol. The van der Waals surface area contributed by atoms with Gasteiger partial charge in [0.2, 0.25) is 11.8 Å². The molecule has 1 amide bonds. The maximum Gasteiger partial charge on any atom is 0.233 e. The Balaban J connectivity index is 1.47. The zero-order chi connectivity index (χ0) is 21.9. The van der Waals surface area contributed by atoms with Crippen LogP contribution in [0.3, 0.4) is 0 Å². The van der Waals surface area contributed by atoms with Crippen LogP contribution < -0.4 is 4.90 Å². The first-order chi connectivity index (χ1) is 15.7. The van der Waals surface area contributed by atoms with Gasteiger partial charge in [-0.15, -0.1) is 0 Å². The Labute approximate surface area is 186 Å². The van der Waals surface area contributed by atoms with Crippen LogP contribution in [0, 0.1) is 5.82 Å². The summed E-state index contributed by atoms with van der Waals surface area (Å²) in [5, 5.41) is 4.35. The van der Waals surface area contributed by atoms with Crippen molar-refractivity contribution in [2.75, 3.05) is 31.2 Å². The average Bonchev–Trinajstić information content (AvgIpc) is 3.58. The van der Waals surface area contributed by atoms with Crippen molar-refractivity contribution in [3.63, 3.8) is 0 Å². The Morgan fingerprint density at radius 1 is 1.06 bits per heavy atom. The number of amides is 1. The highest BCUT2D eigenvalue weighted by molar-refractivity contribution is 5.80. The largest absolute Gasteiger partial charge is 0.378 e. The maximum atomic E-state index is 13.5. The van der Waals surface area contributed by atoms with Gasteiger partial charge in [0.1, 0.15) is 11.5 Å². The van der Waals surface area contributed by atoms with Gasteiger partial charge in [0.25, 0.3) is 0 Å². The van der Waals surface area contributed by atoms with Crippen LogP contribution in [0.4, 0.5) is 10.3 Å². The van der Waals surface area contributed by atoms with Crippen molar-refractivity contribution >= 4 is 11.8 Å². The number of hydrogen-bond donors (Lipinski definition) is 0. The minimum absolute atomic E-state index is 0.0953. The lowest BCUT2D eigenvalue weighted by Gasteiger charge is -2.28. The smallest absolute Gasteiger partial charge is 0.233 e. The molecule has 0 N–H and O–H groups in total. The zero-order valence-electron chi connectivity index (χ0n) is 17.9. The number of rotatable bonds is 7. The van der Waals surface area contributed by atoms with Gasteiger partial charge in [-0.1, -0.05) is 35.5 Å². The Hall–Kier alpha value is -3.19. The number of carbonyl (C=O) groups excluding carboxylic acids is 1. The van der Waals surface area contributed by atoms with Gasteiger partial charge >= 0.3 is 0 Å². The molecule has 0 radical (unpaired) electrons. The summed E-state index contributed by atoms with van der Waals surface area (Å²) >= 11 is 0. The van der Waals surface area contributed by atoms with Gasteiger partial charge < -0.3 is 19.1 Å². The van der Waals surface area contributed by atoms with Gasteiger partial charge in [-0.3, -0.25) is 4.79 Å². The van der Waals surface area contributed by atoms with E-state index in [9.17, 15) is 9.18 Å². The molecule has 32 heavy (non-hydrogen) atoms. The fourth-order valence-corrected chi connectivity index (χ4v) is 4.14. The van der Waals surface area contributed by atoms with Gasteiger partial charge in [0.05, 0.1) is 31.7 Å². The summed E-state index contributed by atoms with van der Waals surface area (Å²) in [6.07, 6.45) is 2.37. The first kappa shape index (κ1) is 20.7. The Morgan fingerprint density at radius 2 is 1.78 bits per heavy atom. The van der Waals surface area contributed by atoms with E-state index < -0.39 is 0 Å². The molecule has 6 nitrogen and oxygen atoms in total. The third-order valence-corrected chi connectivity index (χ3v) is 6.02. The van der Waals surface area contributed by atoms with Crippen molar-refractivity contribution in [3.05, 3.63) is 71.5 Å². The van der Waals surface area contributed by atoms with E-state index in [2.05, 4.69) is 10.1 Å². The monoisotopic (exact) mass is 435 g/mol. The van der Waals surface area contributed by atoms with Crippen LogP contribution in [0.15, 0.2) is 59.1 Å². The molecule has 2 aromatic carbocycles. The van der Waals surface area contributed by atoms with E-state index in [-0.39, 0.29) is 17.8 Å². The topological polar surface area (TPSA) is 58.8 Å². The van der Waals surface area contributed by atoms with Crippen LogP contribution in [0.1, 0.15) is 24.0 Å². The minimum Gasteiger partial charge on any atom is -0.378 e. The number of nitrogens with zero attached hydrogens (tertiary/aromatic N) is 3. The second kappa shape index (κ2) is 9.12. The molecule has 2 fully saturated rings. The van der Waals surface area contributed by atoms with Gasteiger partial charge in [0.15, 0.2) is 0 Å². The van der Waals surface area contributed by atoms with Crippen molar-refractivity contribution in [2.45, 2.75) is 31.8 Å². The highest BCUT2D eigenvalue weighted by Crippen LogP contribution is 2.36. The van der Waals surface area contributed by atoms with E-state index in [1.54, 1.807) is 12.1 Å². The van der Waals surface area contributed by atoms with Gasteiger partial charge in [-0.25, -0.2) is 4.39 Å². The normalized spacial score (nSPS) is 16.2. The fourth-order valence-electron chi connectivity index (χ4n) is 4.14. The standard InChI is InChI=1S/C25H26FN3O3/c26-20-8-6-19(7-9-20)24-22(25(32-27-24)28-12-14-31-15-13-28)17-29(21-10-11-21)23(30)16-18-4-2-1-3-5-18/h1-9,21H,10-17H2. The number of halogens is 1. The van der Waals surface area contributed by atoms with Crippen molar-refractivity contribution in [3.8, 4) is 11.3 Å². The van der Waals surface area contributed by atoms with Crippen LogP contribution in [-0.2, 0) is 22.5 Å². The lowest BCUT2D eigenvalue weighted by molar-refractivity contribution is -0.131. The molecule has 1 aliphatic carbocycles. The second-order valence-corrected chi connectivity index (χ2v) is 8.34. The fraction of sp³-hybridized carbons (Fsp3) is 0.360. The minimum atomic E-state index is -0.301. The average molecular weight is 435 g/mol. The molecular weight excluding hydrogens is 409 g/mol. The molecular formula is C25H26FN3O3. The van der Waals surface area contributed by atoms with Crippen LogP contribution in [0.2, 0.25) is 0 Å². The summed E-state index contributed by atoms with van der Waals surface area (Å²) in [6, 6.07) is 16.3. The molecule has 0 unspecified atom stereocenters. The van der Waals surface area contributed by atoms with Gasteiger partial charge in [0, 0.05) is 24.7 Å². The molecule has 1 aromatic heterocycles. The summed E-state index contributed by atoms with van der Waals surface area (Å²) in [6.45, 7) is 3.05. The summed E-state index contributed by atoms with van der Waals surface area (Å²) < 4.78 is 24.8. The molecule has 1 saturated carbocycles. The molecule has 3 aromatic rings. The molecule has 7 heteroatoms. The summed E-state index contributed by atoms with van der Waals surface area (Å²) in [5.74, 6) is 0.466. The lowest BCUT2D eigenvalue weighted by atomic mass is 10.1. The molecule has 2 heterocycles. The number of morpholine rings is 1. The first-order valence-corrected chi connectivity index (χ1v) is 11.1. The summed E-state index contributed by atoms with van der Waals surface area (Å²) in [5.41, 5.74) is 3.30. The van der Waals surface area contributed by atoms with Gasteiger partial charge in [-0.2, -0.15) is 0 Å². The van der Waals surface area contributed by atoms with Crippen LogP contribution in [-0.4, -0.2) is 48.3 Å². The zero-order valence-corrected chi connectivity index (χ0v) is 17.9. The molecule has 2 aliphatic rings. The van der Waals surface area contributed by atoms with Gasteiger partial charge in [-0.05, 0) is 42.7 Å². The number of benzene rings is 2. The highest BCUT2D eigenvalue weighted by Gasteiger charge is 2.35. The number of aromatic nitrogens is 1. The third kappa shape index (κ3) is 4.53. The van der Waals surface area contributed by atoms with Crippen LogP contribution in [0.25, 0.3) is 11.3 Å². The number of carbonyl (C=O) groups is 1. The van der Waals surface area contributed by atoms with Crippen molar-refractivity contribution in [1.29, 1.82) is 0 Å². The number of hydrogen-bond acceptors (Lipinski definition) is 5. The molecule has 166 valence electrons. The summed E-state index contributed by atoms with van der Waals surface area (Å²) in [7, 11) is 0. The van der Waals surface area contributed by atoms with E-state index in [4.69, 9.17) is 9.26 Å². The van der Waals surface area contributed by atoms with E-state index in [1.807, 2.05) is 35.2 Å². The number of ether oxygens (including phenoxy) is 1. The molecule has 0 bridgehead atoms. The number of anilines is 1. The van der Waals surface area contributed by atoms with E-state index in [0.29, 0.717) is 50.8 Å². The van der Waals surface area contributed by atoms with Crippen molar-refractivity contribution in [1.82, 2.24) is 10.1 Å². The second-order valence-electron chi connectivity index (χ2n) is 8.34. The van der Waals surface area contributed by atoms with Crippen molar-refractivity contribution < 1.29 is 18.4 Å². The molecule has 5 rings (SSSR count). The quantitative estimate of drug-likeness (QED) is 0.560. The summed E-state index contributed by atoms with van der Waals surface area (Å²) in [4.78, 5) is 17.4. The lowest BCUT2D eigenvalue weighted by Crippen LogP contribution is -2.38. The van der Waals surface area contributed by atoms with E-state index in [1.165, 1.54) is 12.1 Å². The highest BCUT2D eigenvalue weighted by atomic mass is 19.1. The maximum absolute atomic E-state index is 13.5. The Morgan fingerprint density at radius 3 is 2.47 bits per heavy atom. The SMILES string of the molecule is O=C(Cc1ccccc1)N(Cc1c(-c2ccc(F)cc2)noc1N1CCOCC1)C1CC1. The van der Waals surface area contributed by atoms with Crippen molar-refractivity contribution in [2.24, 2.45) is 0 Å². The van der Waals surface area contributed by atoms with E-state index >= 15 is 0 Å². The molecule has 1 saturated heterocycles. The molecule has 0 atom stereocenters. The molecule has 1 aliphatic heterocycles. The predicted octanol–water partition coefficient (Wildman–Crippen LogP) is 4.05. The van der Waals surface area contributed by atoms with Crippen LogP contribution in [0.5, 0.6) is 0 Å².